The van der Waals surface area contributed by atoms with Crippen LogP contribution < -0.4 is 14.2 Å². The number of ketones is 1. The third kappa shape index (κ3) is 5.43. The molecule has 0 aliphatic carbocycles. The summed E-state index contributed by atoms with van der Waals surface area (Å²) in [4.78, 5) is 29.9. The fraction of sp³-hybridized carbons (Fsp3) is 0.407. The molecule has 8 nitrogen and oxygen atoms in total. The molecular formula is C27H34N2O6. The Hall–Kier alpha value is -3.52. The summed E-state index contributed by atoms with van der Waals surface area (Å²) < 4.78 is 16.7. The lowest BCUT2D eigenvalue weighted by Gasteiger charge is -2.27. The molecule has 1 heterocycles. The summed E-state index contributed by atoms with van der Waals surface area (Å²) in [5.41, 5.74) is 1.90. The van der Waals surface area contributed by atoms with E-state index in [4.69, 9.17) is 14.2 Å². The molecule has 1 unspecified atom stereocenters. The maximum absolute atomic E-state index is 13.3. The summed E-state index contributed by atoms with van der Waals surface area (Å²) in [6.45, 7) is 7.35. The van der Waals surface area contributed by atoms with Gasteiger partial charge in [0.1, 0.15) is 11.5 Å². The number of ether oxygens (including phenoxy) is 3. The van der Waals surface area contributed by atoms with Gasteiger partial charge in [-0.25, -0.2) is 0 Å². The highest BCUT2D eigenvalue weighted by atomic mass is 16.5. The number of methoxy groups -OCH3 is 1. The Bertz CT molecular complexity index is 1120. The van der Waals surface area contributed by atoms with Crippen LogP contribution in [0.1, 0.15) is 36.6 Å². The monoisotopic (exact) mass is 482 g/mol. The summed E-state index contributed by atoms with van der Waals surface area (Å²) in [7, 11) is 5.36. The second-order valence-corrected chi connectivity index (χ2v) is 8.55. The SMILES string of the molecule is CCOc1ccc(C2/C(=C(\O)c3ccc(OC)cc3C)C(=O)C(=O)N2CCN(C)C)cc1OCC. The van der Waals surface area contributed by atoms with Crippen LogP contribution in [0, 0.1) is 6.92 Å². The number of aryl methyl sites for hydroxylation is 1. The van der Waals surface area contributed by atoms with E-state index < -0.39 is 17.7 Å². The minimum absolute atomic E-state index is 0.0497. The number of aliphatic hydroxyl groups excluding tert-OH is 1. The zero-order chi connectivity index (χ0) is 25.7. The van der Waals surface area contributed by atoms with Crippen molar-refractivity contribution in [2.24, 2.45) is 0 Å². The first-order valence-corrected chi connectivity index (χ1v) is 11.7. The molecule has 0 bridgehead atoms. The first kappa shape index (κ1) is 26.1. The van der Waals surface area contributed by atoms with E-state index in [1.165, 1.54) is 4.90 Å². The van der Waals surface area contributed by atoms with Crippen LogP contribution in [0.2, 0.25) is 0 Å². The fourth-order valence-electron chi connectivity index (χ4n) is 4.18. The Balaban J connectivity index is 2.20. The first-order valence-electron chi connectivity index (χ1n) is 11.7. The first-order chi connectivity index (χ1) is 16.7. The lowest BCUT2D eigenvalue weighted by atomic mass is 9.93. The molecule has 3 rings (SSSR count). The van der Waals surface area contributed by atoms with Crippen molar-refractivity contribution in [3.63, 3.8) is 0 Å². The van der Waals surface area contributed by atoms with Crippen molar-refractivity contribution in [2.75, 3.05) is 47.5 Å². The van der Waals surface area contributed by atoms with Crippen molar-refractivity contribution >= 4 is 17.4 Å². The number of amides is 1. The third-order valence-corrected chi connectivity index (χ3v) is 5.90. The van der Waals surface area contributed by atoms with Gasteiger partial charge in [-0.3, -0.25) is 9.59 Å². The summed E-state index contributed by atoms with van der Waals surface area (Å²) in [6.07, 6.45) is 0. The van der Waals surface area contributed by atoms with Crippen LogP contribution >= 0.6 is 0 Å². The van der Waals surface area contributed by atoms with Crippen molar-refractivity contribution in [1.82, 2.24) is 9.80 Å². The molecule has 1 fully saturated rings. The molecule has 1 amide bonds. The molecule has 188 valence electrons. The van der Waals surface area contributed by atoms with Crippen molar-refractivity contribution in [2.45, 2.75) is 26.8 Å². The van der Waals surface area contributed by atoms with Gasteiger partial charge in [-0.1, -0.05) is 6.07 Å². The molecule has 1 saturated heterocycles. The molecule has 1 atom stereocenters. The highest BCUT2D eigenvalue weighted by Crippen LogP contribution is 2.42. The standard InChI is InChI=1S/C27H34N2O6/c1-7-34-21-12-9-18(16-22(21)35-8-2)24-23(26(31)27(32)29(24)14-13-28(4)5)25(30)20-11-10-19(33-6)15-17(20)3/h9-12,15-16,24,30H,7-8,13-14H2,1-6H3/b25-23+. The van der Waals surface area contributed by atoms with Gasteiger partial charge in [-0.15, -0.1) is 0 Å². The van der Waals surface area contributed by atoms with Gasteiger partial charge in [0.2, 0.25) is 0 Å². The molecular weight excluding hydrogens is 448 g/mol. The van der Waals surface area contributed by atoms with Crippen LogP contribution in [0.5, 0.6) is 17.2 Å². The molecule has 1 aliphatic rings. The second-order valence-electron chi connectivity index (χ2n) is 8.55. The number of carbonyl (C=O) groups is 2. The third-order valence-electron chi connectivity index (χ3n) is 5.90. The normalized spacial score (nSPS) is 17.2. The van der Waals surface area contributed by atoms with Crippen LogP contribution in [0.4, 0.5) is 0 Å². The smallest absolute Gasteiger partial charge is 0.295 e. The number of rotatable bonds is 10. The second kappa shape index (κ2) is 11.3. The lowest BCUT2D eigenvalue weighted by Crippen LogP contribution is -2.35. The molecule has 0 aromatic heterocycles. The van der Waals surface area contributed by atoms with E-state index >= 15 is 0 Å². The molecule has 2 aromatic carbocycles. The highest BCUT2D eigenvalue weighted by molar-refractivity contribution is 6.46. The van der Waals surface area contributed by atoms with E-state index in [1.807, 2.05) is 39.8 Å². The maximum atomic E-state index is 13.3. The van der Waals surface area contributed by atoms with Crippen molar-refractivity contribution in [3.8, 4) is 17.2 Å². The molecule has 8 heteroatoms. The van der Waals surface area contributed by atoms with Gasteiger partial charge in [-0.05, 0) is 76.3 Å². The number of likely N-dealkylation sites (tertiary alicyclic amines) is 1. The maximum Gasteiger partial charge on any atom is 0.295 e. The Morgan fingerprint density at radius 2 is 1.71 bits per heavy atom. The number of carbonyl (C=O) groups excluding carboxylic acids is 2. The molecule has 2 aromatic rings. The molecule has 0 radical (unpaired) electrons. The number of hydrogen-bond acceptors (Lipinski definition) is 7. The molecule has 35 heavy (non-hydrogen) atoms. The lowest BCUT2D eigenvalue weighted by molar-refractivity contribution is -0.140. The largest absolute Gasteiger partial charge is 0.507 e. The predicted octanol–water partition coefficient (Wildman–Crippen LogP) is 3.78. The average Bonchev–Trinajstić information content (AvgIpc) is 3.08. The molecule has 0 spiro atoms. The Kier molecular flexibility index (Phi) is 8.40. The summed E-state index contributed by atoms with van der Waals surface area (Å²) >= 11 is 0. The minimum atomic E-state index is -0.772. The van der Waals surface area contributed by atoms with Crippen molar-refractivity contribution in [3.05, 3.63) is 58.7 Å². The van der Waals surface area contributed by atoms with Gasteiger partial charge < -0.3 is 29.1 Å². The fourth-order valence-corrected chi connectivity index (χ4v) is 4.18. The number of Topliss-reactive ketones (excluding diaryl/α,β-unsaturated/α-hetero) is 1. The molecule has 1 aliphatic heterocycles. The Morgan fingerprint density at radius 1 is 1.03 bits per heavy atom. The van der Waals surface area contributed by atoms with Gasteiger partial charge in [0.25, 0.3) is 11.7 Å². The number of benzene rings is 2. The van der Waals surface area contributed by atoms with Crippen LogP contribution in [-0.4, -0.2) is 74.1 Å². The van der Waals surface area contributed by atoms with E-state index in [1.54, 1.807) is 43.5 Å². The average molecular weight is 483 g/mol. The Morgan fingerprint density at radius 3 is 2.31 bits per heavy atom. The zero-order valence-electron chi connectivity index (χ0n) is 21.3. The number of hydrogen-bond donors (Lipinski definition) is 1. The van der Waals surface area contributed by atoms with Crippen molar-refractivity contribution in [1.29, 1.82) is 0 Å². The van der Waals surface area contributed by atoms with E-state index in [2.05, 4.69) is 0 Å². The van der Waals surface area contributed by atoms with Crippen molar-refractivity contribution < 1.29 is 28.9 Å². The topological polar surface area (TPSA) is 88.5 Å². The van der Waals surface area contributed by atoms with E-state index in [-0.39, 0.29) is 11.3 Å². The van der Waals surface area contributed by atoms with Gasteiger partial charge in [-0.2, -0.15) is 0 Å². The van der Waals surface area contributed by atoms with Crippen LogP contribution in [0.15, 0.2) is 42.0 Å². The van der Waals surface area contributed by atoms with Gasteiger partial charge in [0, 0.05) is 18.7 Å². The summed E-state index contributed by atoms with van der Waals surface area (Å²) in [5, 5.41) is 11.4. The Labute approximate surface area is 206 Å². The number of aliphatic hydroxyl groups is 1. The van der Waals surface area contributed by atoms with E-state index in [9.17, 15) is 14.7 Å². The number of nitrogens with zero attached hydrogens (tertiary/aromatic N) is 2. The van der Waals surface area contributed by atoms with Gasteiger partial charge in [0.05, 0.1) is 31.9 Å². The van der Waals surface area contributed by atoms with Gasteiger partial charge in [0.15, 0.2) is 11.5 Å². The van der Waals surface area contributed by atoms with Crippen LogP contribution in [-0.2, 0) is 9.59 Å². The predicted molar refractivity (Wildman–Crippen MR) is 134 cm³/mol. The minimum Gasteiger partial charge on any atom is -0.507 e. The van der Waals surface area contributed by atoms with Crippen LogP contribution in [0.3, 0.4) is 0 Å². The molecule has 0 saturated carbocycles. The summed E-state index contributed by atoms with van der Waals surface area (Å²) in [6, 6.07) is 9.76. The highest BCUT2D eigenvalue weighted by Gasteiger charge is 2.46. The molecule has 1 N–H and O–H groups in total. The van der Waals surface area contributed by atoms with Gasteiger partial charge >= 0.3 is 0 Å². The van der Waals surface area contributed by atoms with Crippen LogP contribution in [0.25, 0.3) is 5.76 Å². The quantitative estimate of drug-likeness (QED) is 0.313. The summed E-state index contributed by atoms with van der Waals surface area (Å²) in [5.74, 6) is 0.160. The zero-order valence-corrected chi connectivity index (χ0v) is 21.3. The van der Waals surface area contributed by atoms with E-state index in [0.717, 1.165) is 5.56 Å². The number of likely N-dealkylation sites (N-methyl/N-ethyl adjacent to an activating group) is 1. The van der Waals surface area contributed by atoms with E-state index in [0.29, 0.717) is 54.7 Å².